The Morgan fingerprint density at radius 3 is 2.19 bits per heavy atom. The van der Waals surface area contributed by atoms with Crippen LogP contribution in [-0.2, 0) is 0 Å². The van der Waals surface area contributed by atoms with Gasteiger partial charge in [0.2, 0.25) is 0 Å². The smallest absolute Gasteiger partial charge is 0.0926 e. The van der Waals surface area contributed by atoms with E-state index in [4.69, 9.17) is 0 Å². The molecule has 0 atom stereocenters. The van der Waals surface area contributed by atoms with Crippen LogP contribution in [0.2, 0.25) is 0 Å². The lowest BCUT2D eigenvalue weighted by molar-refractivity contribution is 1.31. The quantitative estimate of drug-likeness (QED) is 0.529. The average Bonchev–Trinajstić information content (AvgIpc) is 2.32. The molecule has 2 nitrogen and oxygen atoms in total. The van der Waals surface area contributed by atoms with Gasteiger partial charge in [0, 0.05) is 0 Å². The largest absolute Gasteiger partial charge is 0.244 e. The third-order valence-corrected chi connectivity index (χ3v) is 3.04. The monoisotopic (exact) mass is 208 g/mol. The number of nitrogens with zero attached hydrogens (tertiary/aromatic N) is 2. The summed E-state index contributed by atoms with van der Waals surface area (Å²) in [6.07, 6.45) is 0. The molecule has 2 heteroatoms. The molecular formula is C14H12N2. The third kappa shape index (κ3) is 1.27. The molecule has 2 aromatic carbocycles. The number of rotatable bonds is 0. The van der Waals surface area contributed by atoms with Gasteiger partial charge in [-0.15, -0.1) is 0 Å². The molecule has 16 heavy (non-hydrogen) atoms. The van der Waals surface area contributed by atoms with E-state index >= 15 is 0 Å². The summed E-state index contributed by atoms with van der Waals surface area (Å²) in [7, 11) is 0. The molecule has 3 rings (SSSR count). The number of aromatic nitrogens is 2. The summed E-state index contributed by atoms with van der Waals surface area (Å²) in [5.41, 5.74) is 6.38. The zero-order valence-electron chi connectivity index (χ0n) is 9.36. The second-order valence-electron chi connectivity index (χ2n) is 4.09. The van der Waals surface area contributed by atoms with Crippen molar-refractivity contribution in [2.75, 3.05) is 0 Å². The second-order valence-corrected chi connectivity index (χ2v) is 4.09. The predicted molar refractivity (Wildman–Crippen MR) is 66.5 cm³/mol. The number of hydrogen-bond acceptors (Lipinski definition) is 2. The summed E-state index contributed by atoms with van der Waals surface area (Å²) in [6, 6.07) is 12.1. The Morgan fingerprint density at radius 1 is 0.750 bits per heavy atom. The topological polar surface area (TPSA) is 25.8 Å². The molecule has 0 aliphatic heterocycles. The molecule has 1 aromatic heterocycles. The first-order valence-corrected chi connectivity index (χ1v) is 5.38. The summed E-state index contributed by atoms with van der Waals surface area (Å²) in [4.78, 5) is 9.29. The molecule has 0 saturated carbocycles. The Bertz CT molecular complexity index is 687. The van der Waals surface area contributed by atoms with E-state index in [-0.39, 0.29) is 0 Å². The standard InChI is InChI=1S/C14H12N2/c1-9-7-8-13-14(10(9)2)16-12-6-4-3-5-11(12)15-13/h3-8H,1-2H3. The molecule has 78 valence electrons. The fourth-order valence-corrected chi connectivity index (χ4v) is 1.92. The van der Waals surface area contributed by atoms with Gasteiger partial charge in [0.1, 0.15) is 0 Å². The van der Waals surface area contributed by atoms with Gasteiger partial charge < -0.3 is 0 Å². The molecular weight excluding hydrogens is 196 g/mol. The van der Waals surface area contributed by atoms with Crippen molar-refractivity contribution in [1.82, 2.24) is 9.97 Å². The van der Waals surface area contributed by atoms with Crippen molar-refractivity contribution in [3.8, 4) is 0 Å². The highest BCUT2D eigenvalue weighted by molar-refractivity contribution is 5.88. The van der Waals surface area contributed by atoms with Gasteiger partial charge in [0.15, 0.2) is 0 Å². The number of fused-ring (bicyclic) bond motifs is 2. The minimum absolute atomic E-state index is 0.957. The summed E-state index contributed by atoms with van der Waals surface area (Å²) >= 11 is 0. The molecule has 0 aliphatic carbocycles. The molecule has 0 saturated heterocycles. The zero-order chi connectivity index (χ0) is 11.1. The molecule has 0 spiro atoms. The Labute approximate surface area is 94.0 Å². The van der Waals surface area contributed by atoms with Crippen LogP contribution < -0.4 is 0 Å². The van der Waals surface area contributed by atoms with Crippen molar-refractivity contribution in [1.29, 1.82) is 0 Å². The maximum absolute atomic E-state index is 4.68. The Hall–Kier alpha value is -1.96. The number of benzene rings is 2. The minimum atomic E-state index is 0.957. The first-order chi connectivity index (χ1) is 7.75. The van der Waals surface area contributed by atoms with E-state index in [1.807, 2.05) is 30.3 Å². The molecule has 0 N–H and O–H groups in total. The van der Waals surface area contributed by atoms with E-state index in [0.717, 1.165) is 22.1 Å². The zero-order valence-corrected chi connectivity index (χ0v) is 9.36. The predicted octanol–water partition coefficient (Wildman–Crippen LogP) is 3.40. The fraction of sp³-hybridized carbons (Fsp3) is 0.143. The number of aryl methyl sites for hydroxylation is 2. The van der Waals surface area contributed by atoms with Crippen molar-refractivity contribution in [3.05, 3.63) is 47.5 Å². The number of para-hydroxylation sites is 2. The Balaban J connectivity index is 2.51. The van der Waals surface area contributed by atoms with Crippen LogP contribution in [-0.4, -0.2) is 9.97 Å². The van der Waals surface area contributed by atoms with Crippen LogP contribution in [0.4, 0.5) is 0 Å². The van der Waals surface area contributed by atoms with E-state index in [1.54, 1.807) is 0 Å². The van der Waals surface area contributed by atoms with Gasteiger partial charge in [-0.1, -0.05) is 18.2 Å². The van der Waals surface area contributed by atoms with Crippen LogP contribution in [0.15, 0.2) is 36.4 Å². The molecule has 3 aromatic rings. The van der Waals surface area contributed by atoms with Crippen molar-refractivity contribution in [2.24, 2.45) is 0 Å². The van der Waals surface area contributed by atoms with Crippen molar-refractivity contribution in [2.45, 2.75) is 13.8 Å². The van der Waals surface area contributed by atoms with Gasteiger partial charge in [-0.05, 0) is 43.2 Å². The molecule has 0 radical (unpaired) electrons. The van der Waals surface area contributed by atoms with E-state index < -0.39 is 0 Å². The van der Waals surface area contributed by atoms with E-state index in [2.05, 4.69) is 29.9 Å². The Morgan fingerprint density at radius 2 is 1.44 bits per heavy atom. The van der Waals surface area contributed by atoms with Crippen LogP contribution in [0.3, 0.4) is 0 Å². The van der Waals surface area contributed by atoms with Gasteiger partial charge in [-0.3, -0.25) is 0 Å². The summed E-state index contributed by atoms with van der Waals surface area (Å²) in [5, 5.41) is 0. The lowest BCUT2D eigenvalue weighted by Crippen LogP contribution is -1.91. The normalized spacial score (nSPS) is 11.1. The fourth-order valence-electron chi connectivity index (χ4n) is 1.92. The van der Waals surface area contributed by atoms with E-state index in [1.165, 1.54) is 11.1 Å². The number of hydrogen-bond donors (Lipinski definition) is 0. The molecule has 0 aliphatic rings. The molecule has 0 amide bonds. The van der Waals surface area contributed by atoms with Crippen LogP contribution in [0.1, 0.15) is 11.1 Å². The van der Waals surface area contributed by atoms with Crippen molar-refractivity contribution in [3.63, 3.8) is 0 Å². The van der Waals surface area contributed by atoms with E-state index in [9.17, 15) is 0 Å². The lowest BCUT2D eigenvalue weighted by Gasteiger charge is -2.05. The van der Waals surface area contributed by atoms with Crippen LogP contribution in [0, 0.1) is 13.8 Å². The first-order valence-electron chi connectivity index (χ1n) is 5.38. The maximum Gasteiger partial charge on any atom is 0.0926 e. The van der Waals surface area contributed by atoms with Gasteiger partial charge in [0.05, 0.1) is 22.1 Å². The van der Waals surface area contributed by atoms with Gasteiger partial charge in [-0.2, -0.15) is 0 Å². The highest BCUT2D eigenvalue weighted by Crippen LogP contribution is 2.20. The third-order valence-electron chi connectivity index (χ3n) is 3.04. The maximum atomic E-state index is 4.68. The van der Waals surface area contributed by atoms with E-state index in [0.29, 0.717) is 0 Å². The first kappa shape index (κ1) is 9.28. The van der Waals surface area contributed by atoms with Crippen molar-refractivity contribution >= 4 is 22.1 Å². The van der Waals surface area contributed by atoms with Crippen LogP contribution in [0.25, 0.3) is 22.1 Å². The second kappa shape index (κ2) is 3.27. The van der Waals surface area contributed by atoms with Crippen molar-refractivity contribution < 1.29 is 0 Å². The summed E-state index contributed by atoms with van der Waals surface area (Å²) in [5.74, 6) is 0. The van der Waals surface area contributed by atoms with Gasteiger partial charge in [-0.25, -0.2) is 9.97 Å². The molecule has 0 bridgehead atoms. The minimum Gasteiger partial charge on any atom is -0.244 e. The summed E-state index contributed by atoms with van der Waals surface area (Å²) < 4.78 is 0. The molecule has 0 fully saturated rings. The Kier molecular flexibility index (Phi) is 1.90. The lowest BCUT2D eigenvalue weighted by atomic mass is 10.1. The molecule has 1 heterocycles. The highest BCUT2D eigenvalue weighted by Gasteiger charge is 2.04. The molecule has 0 unspecified atom stereocenters. The SMILES string of the molecule is Cc1ccc2nc3ccccc3nc2c1C. The average molecular weight is 208 g/mol. The van der Waals surface area contributed by atoms with Crippen LogP contribution >= 0.6 is 0 Å². The van der Waals surface area contributed by atoms with Gasteiger partial charge in [0.25, 0.3) is 0 Å². The highest BCUT2D eigenvalue weighted by atomic mass is 14.8. The van der Waals surface area contributed by atoms with Gasteiger partial charge >= 0.3 is 0 Å². The van der Waals surface area contributed by atoms with Crippen LogP contribution in [0.5, 0.6) is 0 Å². The summed E-state index contributed by atoms with van der Waals surface area (Å²) in [6.45, 7) is 4.20.